The fourth-order valence-corrected chi connectivity index (χ4v) is 5.24. The first-order valence-electron chi connectivity index (χ1n) is 13.6. The molecule has 0 aromatic heterocycles. The highest BCUT2D eigenvalue weighted by atomic mass is 16.2. The molecule has 3 aromatic carbocycles. The van der Waals surface area contributed by atoms with Gasteiger partial charge < -0.3 is 10.2 Å². The van der Waals surface area contributed by atoms with Crippen molar-refractivity contribution in [2.45, 2.75) is 84.3 Å². The average Bonchev–Trinajstić information content (AvgIpc) is 2.90. The first-order chi connectivity index (χ1) is 17.9. The minimum absolute atomic E-state index is 0.0194. The zero-order valence-electron chi connectivity index (χ0n) is 22.5. The Kier molecular flexibility index (Phi) is 9.16. The predicted octanol–water partition coefficient (Wildman–Crippen LogP) is 6.24. The zero-order valence-corrected chi connectivity index (χ0v) is 22.5. The Morgan fingerprint density at radius 1 is 0.838 bits per heavy atom. The minimum Gasteiger partial charge on any atom is -0.352 e. The molecule has 0 saturated heterocycles. The second kappa shape index (κ2) is 12.7. The molecule has 4 heteroatoms. The first-order valence-corrected chi connectivity index (χ1v) is 13.6. The second-order valence-electron chi connectivity index (χ2n) is 10.7. The van der Waals surface area contributed by atoms with Gasteiger partial charge in [-0.25, -0.2) is 0 Å². The molecule has 1 fully saturated rings. The Labute approximate surface area is 222 Å². The van der Waals surface area contributed by atoms with Gasteiger partial charge in [0.15, 0.2) is 0 Å². The van der Waals surface area contributed by atoms with Crippen molar-refractivity contribution in [2.24, 2.45) is 0 Å². The number of hydrogen-bond donors (Lipinski definition) is 1. The Balaban J connectivity index is 1.67. The summed E-state index contributed by atoms with van der Waals surface area (Å²) < 4.78 is 0. The molecule has 3 aromatic rings. The third kappa shape index (κ3) is 7.55. The lowest BCUT2D eigenvalue weighted by atomic mass is 9.94. The number of amides is 2. The van der Waals surface area contributed by atoms with E-state index in [-0.39, 0.29) is 24.3 Å². The van der Waals surface area contributed by atoms with Crippen LogP contribution in [-0.2, 0) is 29.0 Å². The van der Waals surface area contributed by atoms with Crippen LogP contribution in [0.2, 0.25) is 0 Å². The number of aryl methyl sites for hydroxylation is 3. The molecule has 37 heavy (non-hydrogen) atoms. The van der Waals surface area contributed by atoms with E-state index in [1.165, 1.54) is 12.0 Å². The van der Waals surface area contributed by atoms with Crippen molar-refractivity contribution in [2.75, 3.05) is 0 Å². The summed E-state index contributed by atoms with van der Waals surface area (Å²) in [5, 5.41) is 3.32. The highest BCUT2D eigenvalue weighted by Crippen LogP contribution is 2.21. The lowest BCUT2D eigenvalue weighted by molar-refractivity contribution is -0.141. The van der Waals surface area contributed by atoms with Gasteiger partial charge in [-0.05, 0) is 55.9 Å². The van der Waals surface area contributed by atoms with E-state index in [0.717, 1.165) is 53.5 Å². The van der Waals surface area contributed by atoms with Gasteiger partial charge in [0.25, 0.3) is 0 Å². The number of carbonyl (C=O) groups is 2. The largest absolute Gasteiger partial charge is 0.352 e. The summed E-state index contributed by atoms with van der Waals surface area (Å²) in [4.78, 5) is 29.7. The molecule has 2 amide bonds. The van der Waals surface area contributed by atoms with Crippen LogP contribution in [-0.4, -0.2) is 28.8 Å². The zero-order chi connectivity index (χ0) is 26.2. The number of carbonyl (C=O) groups excluding carboxylic acids is 2. The maximum atomic E-state index is 14.0. The number of benzene rings is 3. The third-order valence-corrected chi connectivity index (χ3v) is 7.54. The third-order valence-electron chi connectivity index (χ3n) is 7.54. The van der Waals surface area contributed by atoms with Crippen LogP contribution in [0.25, 0.3) is 0 Å². The number of rotatable bonds is 9. The molecule has 0 unspecified atom stereocenters. The minimum atomic E-state index is -0.580. The Hall–Kier alpha value is -3.40. The average molecular weight is 497 g/mol. The maximum absolute atomic E-state index is 14.0. The van der Waals surface area contributed by atoms with Crippen LogP contribution < -0.4 is 5.32 Å². The number of hydrogen-bond acceptors (Lipinski definition) is 2. The van der Waals surface area contributed by atoms with Gasteiger partial charge in [-0.1, -0.05) is 103 Å². The van der Waals surface area contributed by atoms with Gasteiger partial charge in [0.05, 0.1) is 6.42 Å². The molecule has 0 heterocycles. The monoisotopic (exact) mass is 496 g/mol. The molecule has 0 bridgehead atoms. The van der Waals surface area contributed by atoms with Crippen LogP contribution >= 0.6 is 0 Å². The maximum Gasteiger partial charge on any atom is 0.243 e. The van der Waals surface area contributed by atoms with E-state index in [9.17, 15) is 9.59 Å². The van der Waals surface area contributed by atoms with Gasteiger partial charge >= 0.3 is 0 Å². The van der Waals surface area contributed by atoms with E-state index in [4.69, 9.17) is 0 Å². The topological polar surface area (TPSA) is 49.4 Å². The number of nitrogens with zero attached hydrogens (tertiary/aromatic N) is 1. The molecule has 4 nitrogen and oxygen atoms in total. The molecular weight excluding hydrogens is 456 g/mol. The summed E-state index contributed by atoms with van der Waals surface area (Å²) in [7, 11) is 0. The van der Waals surface area contributed by atoms with Crippen LogP contribution in [0.15, 0.2) is 72.8 Å². The van der Waals surface area contributed by atoms with E-state index < -0.39 is 6.04 Å². The number of nitrogens with one attached hydrogen (secondary N) is 1. The van der Waals surface area contributed by atoms with Crippen molar-refractivity contribution < 1.29 is 9.59 Å². The van der Waals surface area contributed by atoms with Gasteiger partial charge in [-0.3, -0.25) is 9.59 Å². The predicted molar refractivity (Wildman–Crippen MR) is 150 cm³/mol. The highest BCUT2D eigenvalue weighted by Gasteiger charge is 2.32. The van der Waals surface area contributed by atoms with Gasteiger partial charge in [-0.2, -0.15) is 0 Å². The summed E-state index contributed by atoms with van der Waals surface area (Å²) in [6.45, 7) is 6.56. The van der Waals surface area contributed by atoms with Crippen molar-refractivity contribution in [1.82, 2.24) is 10.2 Å². The van der Waals surface area contributed by atoms with Crippen molar-refractivity contribution in [1.29, 1.82) is 0 Å². The Bertz CT molecular complexity index is 1180. The van der Waals surface area contributed by atoms with E-state index in [1.54, 1.807) is 0 Å². The molecule has 194 valence electrons. The first kappa shape index (κ1) is 26.7. The smallest absolute Gasteiger partial charge is 0.243 e. The molecule has 4 rings (SSSR count). The molecule has 1 atom stereocenters. The van der Waals surface area contributed by atoms with Gasteiger partial charge in [0.1, 0.15) is 6.04 Å². The van der Waals surface area contributed by atoms with Crippen molar-refractivity contribution in [3.8, 4) is 0 Å². The molecule has 1 aliphatic rings. The van der Waals surface area contributed by atoms with Gasteiger partial charge in [0, 0.05) is 19.0 Å². The van der Waals surface area contributed by atoms with Crippen LogP contribution in [0.4, 0.5) is 0 Å². The fourth-order valence-electron chi connectivity index (χ4n) is 5.24. The van der Waals surface area contributed by atoms with Crippen LogP contribution in [0.3, 0.4) is 0 Å². The molecular formula is C33H40N2O2. The van der Waals surface area contributed by atoms with Crippen LogP contribution in [0.1, 0.15) is 65.5 Å². The second-order valence-corrected chi connectivity index (χ2v) is 10.7. The molecule has 0 spiro atoms. The Morgan fingerprint density at radius 3 is 2.22 bits per heavy atom. The van der Waals surface area contributed by atoms with Gasteiger partial charge in [-0.15, -0.1) is 0 Å². The lowest BCUT2D eigenvalue weighted by Crippen LogP contribution is -2.53. The lowest BCUT2D eigenvalue weighted by Gasteiger charge is -2.33. The highest BCUT2D eigenvalue weighted by molar-refractivity contribution is 5.89. The van der Waals surface area contributed by atoms with Crippen LogP contribution in [0.5, 0.6) is 0 Å². The van der Waals surface area contributed by atoms with Crippen molar-refractivity contribution in [3.63, 3.8) is 0 Å². The summed E-state index contributed by atoms with van der Waals surface area (Å²) in [6.07, 6.45) is 6.31. The van der Waals surface area contributed by atoms with Crippen molar-refractivity contribution >= 4 is 11.8 Å². The van der Waals surface area contributed by atoms with Gasteiger partial charge in [0.2, 0.25) is 11.8 Å². The van der Waals surface area contributed by atoms with Crippen LogP contribution in [0, 0.1) is 20.8 Å². The molecule has 1 aliphatic carbocycles. The standard InChI is InChI=1S/C33H40N2O2/c1-24-15-18-28(19-16-24)23-35(32(36)22-29-20-25(2)14-17-26(29)3)31(21-27-10-6-4-7-11-27)33(37)34-30-12-8-5-9-13-30/h4,6-7,10-11,14-20,30-31H,5,8-9,12-13,21-23H2,1-3H3,(H,34,37)/t31-/m1/s1. The van der Waals surface area contributed by atoms with Crippen molar-refractivity contribution in [3.05, 3.63) is 106 Å². The summed E-state index contributed by atoms with van der Waals surface area (Å²) >= 11 is 0. The fraction of sp³-hybridized carbons (Fsp3) is 0.394. The van der Waals surface area contributed by atoms with E-state index >= 15 is 0 Å². The quantitative estimate of drug-likeness (QED) is 0.381. The summed E-state index contributed by atoms with van der Waals surface area (Å²) in [6, 6.07) is 24.1. The summed E-state index contributed by atoms with van der Waals surface area (Å²) in [5.41, 5.74) is 6.51. The van der Waals surface area contributed by atoms with E-state index in [1.807, 2.05) is 49.1 Å². The molecule has 1 N–H and O–H groups in total. The SMILES string of the molecule is Cc1ccc(CN(C(=O)Cc2cc(C)ccc2C)[C@H](Cc2ccccc2)C(=O)NC2CCCCC2)cc1. The van der Waals surface area contributed by atoms with E-state index in [0.29, 0.717) is 13.0 Å². The normalized spacial score (nSPS) is 14.7. The Morgan fingerprint density at radius 2 is 1.51 bits per heavy atom. The molecule has 0 radical (unpaired) electrons. The summed E-state index contributed by atoms with van der Waals surface area (Å²) in [5.74, 6) is -0.0637. The van der Waals surface area contributed by atoms with E-state index in [2.05, 4.69) is 54.7 Å². The molecule has 1 saturated carbocycles. The molecule has 0 aliphatic heterocycles.